The van der Waals surface area contributed by atoms with Gasteiger partial charge in [0.2, 0.25) is 0 Å². The number of anilines is 3. The van der Waals surface area contributed by atoms with Crippen molar-refractivity contribution in [2.45, 2.75) is 49.9 Å². The van der Waals surface area contributed by atoms with E-state index in [0.29, 0.717) is 24.4 Å². The van der Waals surface area contributed by atoms with Gasteiger partial charge in [-0.25, -0.2) is 0 Å². The molecule has 8 aromatic carbocycles. The maximum atomic E-state index is 6.44. The van der Waals surface area contributed by atoms with Gasteiger partial charge in [-0.15, -0.1) is 6.58 Å². The Bertz CT molecular complexity index is 3950. The number of hydrogen-bond acceptors (Lipinski definition) is 2. The van der Waals surface area contributed by atoms with Crippen molar-refractivity contribution in [1.29, 1.82) is 0 Å². The van der Waals surface area contributed by atoms with Crippen LogP contribution in [0.5, 0.6) is 5.75 Å². The molecule has 78 heavy (non-hydrogen) atoms. The first-order valence-electron chi connectivity index (χ1n) is 28.0. The van der Waals surface area contributed by atoms with E-state index in [2.05, 4.69) is 277 Å². The zero-order valence-corrected chi connectivity index (χ0v) is 44.2. The van der Waals surface area contributed by atoms with Gasteiger partial charge < -0.3 is 14.2 Å². The molecule has 0 amide bonds. The number of hydrogen-bond donors (Lipinski definition) is 0. The van der Waals surface area contributed by atoms with Gasteiger partial charge in [-0.2, -0.15) is 0 Å². The summed E-state index contributed by atoms with van der Waals surface area (Å²) in [6.45, 7) is 8.63. The topological polar surface area (TPSA) is 17.4 Å². The van der Waals surface area contributed by atoms with Crippen molar-refractivity contribution in [3.8, 4) is 33.7 Å². The smallest absolute Gasteiger partial charge is 0.119 e. The van der Waals surface area contributed by atoms with Crippen LogP contribution < -0.4 is 20.2 Å². The largest absolute Gasteiger partial charge is 0.494 e. The number of fused-ring (bicyclic) bond motifs is 6. The molecule has 13 rings (SSSR count). The molecule has 3 heteroatoms. The van der Waals surface area contributed by atoms with E-state index in [1.54, 1.807) is 0 Å². The molecule has 0 N–H and O–H groups in total. The fraction of sp³-hybridized carbons (Fsp3) is 0.147. The van der Waals surface area contributed by atoms with Crippen LogP contribution in [0.4, 0.5) is 17.1 Å². The molecular formula is C75H64N2O. The summed E-state index contributed by atoms with van der Waals surface area (Å²) in [6, 6.07) is 74.1. The first kappa shape index (κ1) is 48.7. The third-order valence-corrected chi connectivity index (χ3v) is 16.9. The lowest BCUT2D eigenvalue weighted by Gasteiger charge is -2.34. The minimum Gasteiger partial charge on any atom is -0.494 e. The molecule has 4 aliphatic rings. The second-order valence-corrected chi connectivity index (χ2v) is 21.4. The van der Waals surface area contributed by atoms with Crippen LogP contribution in [0.15, 0.2) is 273 Å². The van der Waals surface area contributed by atoms with E-state index in [1.807, 2.05) is 6.08 Å². The van der Waals surface area contributed by atoms with Crippen LogP contribution in [0.1, 0.15) is 66.7 Å². The maximum absolute atomic E-state index is 6.44. The van der Waals surface area contributed by atoms with E-state index < -0.39 is 0 Å². The van der Waals surface area contributed by atoms with E-state index in [9.17, 15) is 0 Å². The molecule has 0 radical (unpaired) electrons. The average Bonchev–Trinajstić information content (AvgIpc) is 4.03. The number of aromatic nitrogens is 1. The summed E-state index contributed by atoms with van der Waals surface area (Å²) in [7, 11) is 0. The van der Waals surface area contributed by atoms with Gasteiger partial charge >= 0.3 is 0 Å². The molecule has 0 saturated heterocycles. The van der Waals surface area contributed by atoms with Gasteiger partial charge in [0.25, 0.3) is 0 Å². The monoisotopic (exact) mass is 1010 g/mol. The third kappa shape index (κ3) is 9.03. The van der Waals surface area contributed by atoms with Gasteiger partial charge in [-0.3, -0.25) is 0 Å². The first-order chi connectivity index (χ1) is 38.6. The molecule has 1 heterocycles. The van der Waals surface area contributed by atoms with Crippen molar-refractivity contribution < 1.29 is 4.74 Å². The minimum absolute atomic E-state index is 0.330. The molecule has 1 aromatic heterocycles. The summed E-state index contributed by atoms with van der Waals surface area (Å²) in [4.78, 5) is 2.43. The number of allylic oxidation sites excluding steroid dienone is 10. The van der Waals surface area contributed by atoms with Crippen molar-refractivity contribution in [2.24, 2.45) is 11.8 Å². The summed E-state index contributed by atoms with van der Waals surface area (Å²) in [5.41, 5.74) is 18.4. The lowest BCUT2D eigenvalue weighted by molar-refractivity contribution is 0.301. The molecule has 3 nitrogen and oxygen atoms in total. The molecule has 0 aliphatic heterocycles. The standard InChI is InChI=1S/C75H64N2O/c1-3-53-26-30-55(31-27-53)56-36-43-66(44-37-56)78-49-17-16-48-75(61-18-8-5-9-19-61)71-25-15-14-24-67(71)68-45-42-65(52-72(68)75)76(62-20-10-6-11-21-62)64-40-34-58(35-41-64)60-39-47-74-70(51-60)69-50-59(57-32-28-54(4-2)29-33-57)38-46-73(69)77(74)63-22-12-7-13-23-63/h3-15,18-28,30,32-37,39-47,50-52,54-55,59H,1-2,16-17,29,31,38,48-49H2. The zero-order chi connectivity index (χ0) is 52.4. The van der Waals surface area contributed by atoms with Crippen molar-refractivity contribution in [3.05, 3.63) is 306 Å². The Kier molecular flexibility index (Phi) is 13.3. The number of nitrogens with zero attached hydrogens (tertiary/aromatic N) is 2. The van der Waals surface area contributed by atoms with Crippen LogP contribution in [0.25, 0.3) is 51.0 Å². The number of unbranched alkanes of at least 4 members (excludes halogenated alkanes) is 1. The fourth-order valence-electron chi connectivity index (χ4n) is 12.9. The number of para-hydroxylation sites is 2. The van der Waals surface area contributed by atoms with Gasteiger partial charge in [-0.1, -0.05) is 195 Å². The van der Waals surface area contributed by atoms with E-state index in [1.165, 1.54) is 82.8 Å². The molecule has 0 saturated carbocycles. The maximum Gasteiger partial charge on any atom is 0.119 e. The zero-order valence-electron chi connectivity index (χ0n) is 44.2. The molecule has 9 aromatic rings. The quantitative estimate of drug-likeness (QED) is 0.0709. The van der Waals surface area contributed by atoms with E-state index in [-0.39, 0.29) is 5.41 Å². The number of benzene rings is 8. The van der Waals surface area contributed by atoms with E-state index >= 15 is 0 Å². The summed E-state index contributed by atoms with van der Waals surface area (Å²) in [5.74, 6) is 2.05. The highest BCUT2D eigenvalue weighted by atomic mass is 16.5. The Balaban J connectivity index is 0.822. The molecule has 4 atom stereocenters. The predicted molar refractivity (Wildman–Crippen MR) is 328 cm³/mol. The third-order valence-electron chi connectivity index (χ3n) is 16.9. The van der Waals surface area contributed by atoms with Crippen LogP contribution in [0.3, 0.4) is 0 Å². The second-order valence-electron chi connectivity index (χ2n) is 21.4. The van der Waals surface area contributed by atoms with Gasteiger partial charge in [-0.05, 0) is 173 Å². The SMILES string of the molecule is C=CC1=CCC(c2ccc(OCCCCC3(c4ccccc4)c4ccccc4-c4ccc(N(c5ccccc5)c5ccc(-c6ccc7c(c6)c6c(n7-c7ccccc7)=CCC(C7=CCC(C=C)C=C7)C=6)cc5)cc43)cc2)C=C1. The highest BCUT2D eigenvalue weighted by Crippen LogP contribution is 2.56. The molecule has 380 valence electrons. The number of ether oxygens (including phenoxy) is 1. The van der Waals surface area contributed by atoms with Crippen molar-refractivity contribution in [2.75, 3.05) is 11.5 Å². The van der Waals surface area contributed by atoms with Crippen LogP contribution in [-0.4, -0.2) is 11.2 Å². The Labute approximate surface area is 459 Å². The molecule has 4 aliphatic carbocycles. The molecule has 0 spiro atoms. The first-order valence-corrected chi connectivity index (χ1v) is 28.0. The second kappa shape index (κ2) is 21.2. The van der Waals surface area contributed by atoms with Crippen LogP contribution in [-0.2, 0) is 5.41 Å². The van der Waals surface area contributed by atoms with Crippen LogP contribution in [0, 0.1) is 11.8 Å². The predicted octanol–water partition coefficient (Wildman–Crippen LogP) is 17.8. The summed E-state index contributed by atoms with van der Waals surface area (Å²) < 4.78 is 8.89. The Morgan fingerprint density at radius 1 is 0.577 bits per heavy atom. The van der Waals surface area contributed by atoms with Gasteiger partial charge in [0.05, 0.1) is 12.1 Å². The Morgan fingerprint density at radius 2 is 1.28 bits per heavy atom. The lowest BCUT2D eigenvalue weighted by atomic mass is 9.69. The number of rotatable bonds is 16. The Morgan fingerprint density at radius 3 is 2.03 bits per heavy atom. The van der Waals surface area contributed by atoms with Crippen LogP contribution >= 0.6 is 0 Å². The van der Waals surface area contributed by atoms with Gasteiger partial charge in [0.15, 0.2) is 0 Å². The Hall–Kier alpha value is -8.92. The highest BCUT2D eigenvalue weighted by molar-refractivity contribution is 5.91. The highest BCUT2D eigenvalue weighted by Gasteiger charge is 2.44. The van der Waals surface area contributed by atoms with Crippen molar-refractivity contribution in [1.82, 2.24) is 4.57 Å². The van der Waals surface area contributed by atoms with Crippen molar-refractivity contribution >= 4 is 40.1 Å². The van der Waals surface area contributed by atoms with Crippen molar-refractivity contribution in [3.63, 3.8) is 0 Å². The summed E-state index contributed by atoms with van der Waals surface area (Å²) in [6.07, 6.45) is 28.6. The molecule has 4 unspecified atom stereocenters. The minimum atomic E-state index is -0.352. The van der Waals surface area contributed by atoms with Gasteiger partial charge in [0.1, 0.15) is 5.75 Å². The van der Waals surface area contributed by atoms with E-state index in [4.69, 9.17) is 4.74 Å². The molecular weight excluding hydrogens is 945 g/mol. The molecule has 0 bridgehead atoms. The lowest BCUT2D eigenvalue weighted by Crippen LogP contribution is -2.32. The summed E-state index contributed by atoms with van der Waals surface area (Å²) in [5, 5.41) is 3.86. The molecule has 0 fully saturated rings. The van der Waals surface area contributed by atoms with Crippen LogP contribution in [0.2, 0.25) is 0 Å². The fourth-order valence-corrected chi connectivity index (χ4v) is 12.9. The van der Waals surface area contributed by atoms with E-state index in [0.717, 1.165) is 61.3 Å². The van der Waals surface area contributed by atoms with Gasteiger partial charge in [0, 0.05) is 56.0 Å². The average molecular weight is 1010 g/mol. The normalized spacial score (nSPS) is 18.8. The summed E-state index contributed by atoms with van der Waals surface area (Å²) >= 11 is 0.